The summed E-state index contributed by atoms with van der Waals surface area (Å²) in [6.45, 7) is 17.4. The highest BCUT2D eigenvalue weighted by molar-refractivity contribution is 5.73. The Balaban J connectivity index is 1.72. The van der Waals surface area contributed by atoms with Crippen LogP contribution in [0.2, 0.25) is 0 Å². The van der Waals surface area contributed by atoms with Gasteiger partial charge in [0.25, 0.3) is 0 Å². The van der Waals surface area contributed by atoms with Crippen LogP contribution in [-0.2, 0) is 6.54 Å². The Hall–Kier alpha value is -1.56. The number of likely N-dealkylation sites (tertiary alicyclic amines) is 1. The second-order valence-corrected chi connectivity index (χ2v) is 8.95. The zero-order valence-corrected chi connectivity index (χ0v) is 18.1. The number of hydrogen-bond acceptors (Lipinski definition) is 3. The summed E-state index contributed by atoms with van der Waals surface area (Å²) in [4.78, 5) is 14.8. The molecule has 0 radical (unpaired) electrons. The van der Waals surface area contributed by atoms with Gasteiger partial charge in [0.2, 0.25) is 0 Å². The van der Waals surface area contributed by atoms with Crippen LogP contribution in [0.3, 0.4) is 0 Å². The number of rotatable bonds is 8. The van der Waals surface area contributed by atoms with Crippen molar-refractivity contribution in [3.8, 4) is 0 Å². The quantitative estimate of drug-likeness (QED) is 0.730. The zero-order valence-electron chi connectivity index (χ0n) is 18.1. The van der Waals surface area contributed by atoms with Gasteiger partial charge in [0.15, 0.2) is 0 Å². The summed E-state index contributed by atoms with van der Waals surface area (Å²) in [7, 11) is 0. The number of amides is 2. The molecular weight excluding hydrogens is 338 g/mol. The summed E-state index contributed by atoms with van der Waals surface area (Å²) in [6.07, 6.45) is 3.84. The van der Waals surface area contributed by atoms with Gasteiger partial charge in [0.05, 0.1) is 5.69 Å². The molecule has 1 aromatic heterocycles. The van der Waals surface area contributed by atoms with Crippen molar-refractivity contribution < 1.29 is 4.79 Å². The smallest absolute Gasteiger partial charge is 0.314 e. The molecular formula is C21H39N5O. The van der Waals surface area contributed by atoms with Crippen LogP contribution in [0.5, 0.6) is 0 Å². The van der Waals surface area contributed by atoms with Gasteiger partial charge in [-0.2, -0.15) is 5.10 Å². The molecule has 154 valence electrons. The molecule has 2 unspecified atom stereocenters. The minimum Gasteiger partial charge on any atom is -0.338 e. The Kier molecular flexibility index (Phi) is 7.71. The van der Waals surface area contributed by atoms with E-state index in [9.17, 15) is 4.79 Å². The Morgan fingerprint density at radius 1 is 1.37 bits per heavy atom. The topological polar surface area (TPSA) is 62.2 Å². The standard InChI is InChI=1S/C21H39N5O/c1-7-19-9-8-10-25(14-19)21(5,6)15-23-20(27)22-12-16(2)13-26-18(4)11-17(3)24-26/h11,16,19H,7-10,12-15H2,1-6H3,(H2,22,23,27). The van der Waals surface area contributed by atoms with Gasteiger partial charge in [0, 0.05) is 37.4 Å². The lowest BCUT2D eigenvalue weighted by Crippen LogP contribution is -2.56. The molecule has 1 fully saturated rings. The summed E-state index contributed by atoms with van der Waals surface area (Å²) < 4.78 is 2.02. The van der Waals surface area contributed by atoms with Gasteiger partial charge in [0.1, 0.15) is 0 Å². The molecule has 0 saturated carbocycles. The van der Waals surface area contributed by atoms with Crippen molar-refractivity contribution in [2.75, 3.05) is 26.2 Å². The van der Waals surface area contributed by atoms with Gasteiger partial charge in [-0.3, -0.25) is 9.58 Å². The van der Waals surface area contributed by atoms with Crippen molar-refractivity contribution in [1.82, 2.24) is 25.3 Å². The summed E-state index contributed by atoms with van der Waals surface area (Å²) in [5.74, 6) is 1.12. The van der Waals surface area contributed by atoms with E-state index in [1.165, 1.54) is 19.3 Å². The third kappa shape index (κ3) is 6.52. The fraction of sp³-hybridized carbons (Fsp3) is 0.810. The molecule has 0 bridgehead atoms. The first-order valence-corrected chi connectivity index (χ1v) is 10.5. The molecule has 2 N–H and O–H groups in total. The monoisotopic (exact) mass is 377 g/mol. The summed E-state index contributed by atoms with van der Waals surface area (Å²) in [5, 5.41) is 10.6. The van der Waals surface area contributed by atoms with Gasteiger partial charge < -0.3 is 10.6 Å². The maximum Gasteiger partial charge on any atom is 0.314 e. The Morgan fingerprint density at radius 3 is 2.74 bits per heavy atom. The Labute approximate surface area is 165 Å². The van der Waals surface area contributed by atoms with E-state index in [0.29, 0.717) is 19.0 Å². The van der Waals surface area contributed by atoms with Crippen LogP contribution in [0.25, 0.3) is 0 Å². The van der Waals surface area contributed by atoms with Crippen LogP contribution < -0.4 is 10.6 Å². The second kappa shape index (κ2) is 9.58. The lowest BCUT2D eigenvalue weighted by Gasteiger charge is -2.43. The Bertz CT molecular complexity index is 610. The molecule has 1 aromatic rings. The third-order valence-electron chi connectivity index (χ3n) is 5.83. The first kappa shape index (κ1) is 21.7. The number of hydrogen-bond donors (Lipinski definition) is 2. The van der Waals surface area contributed by atoms with E-state index in [-0.39, 0.29) is 11.6 Å². The molecule has 2 heterocycles. The molecule has 0 spiro atoms. The summed E-state index contributed by atoms with van der Waals surface area (Å²) in [5.41, 5.74) is 2.19. The van der Waals surface area contributed by atoms with Gasteiger partial charge >= 0.3 is 6.03 Å². The molecule has 6 heteroatoms. The highest BCUT2D eigenvalue weighted by Gasteiger charge is 2.31. The average molecular weight is 378 g/mol. The number of aromatic nitrogens is 2. The number of carbonyl (C=O) groups is 1. The van der Waals surface area contributed by atoms with Gasteiger partial charge in [-0.05, 0) is 65.0 Å². The lowest BCUT2D eigenvalue weighted by molar-refractivity contribution is 0.0665. The van der Waals surface area contributed by atoms with Crippen molar-refractivity contribution in [2.45, 2.75) is 72.9 Å². The molecule has 1 aliphatic heterocycles. The predicted molar refractivity (Wildman–Crippen MR) is 111 cm³/mol. The summed E-state index contributed by atoms with van der Waals surface area (Å²) >= 11 is 0. The lowest BCUT2D eigenvalue weighted by atomic mass is 9.91. The third-order valence-corrected chi connectivity index (χ3v) is 5.83. The number of aryl methyl sites for hydroxylation is 2. The van der Waals surface area contributed by atoms with Crippen LogP contribution in [0.4, 0.5) is 4.79 Å². The number of carbonyl (C=O) groups excluding carboxylic acids is 1. The molecule has 27 heavy (non-hydrogen) atoms. The van der Waals surface area contributed by atoms with Gasteiger partial charge in [-0.15, -0.1) is 0 Å². The van der Waals surface area contributed by atoms with E-state index in [0.717, 1.165) is 36.9 Å². The molecule has 2 atom stereocenters. The number of urea groups is 1. The van der Waals surface area contributed by atoms with Crippen molar-refractivity contribution in [3.63, 3.8) is 0 Å². The molecule has 1 saturated heterocycles. The number of piperidine rings is 1. The molecule has 1 aliphatic rings. The van der Waals surface area contributed by atoms with Crippen molar-refractivity contribution in [2.24, 2.45) is 11.8 Å². The van der Waals surface area contributed by atoms with E-state index < -0.39 is 0 Å². The minimum absolute atomic E-state index is 0.0134. The first-order valence-electron chi connectivity index (χ1n) is 10.5. The molecule has 0 aliphatic carbocycles. The average Bonchev–Trinajstić information content (AvgIpc) is 2.95. The first-order chi connectivity index (χ1) is 12.7. The largest absolute Gasteiger partial charge is 0.338 e. The Morgan fingerprint density at radius 2 is 2.11 bits per heavy atom. The highest BCUT2D eigenvalue weighted by Crippen LogP contribution is 2.25. The van der Waals surface area contributed by atoms with E-state index in [2.05, 4.69) is 61.3 Å². The van der Waals surface area contributed by atoms with E-state index >= 15 is 0 Å². The SMILES string of the molecule is CCC1CCCN(C(C)(C)CNC(=O)NCC(C)Cn2nc(C)cc2C)C1. The highest BCUT2D eigenvalue weighted by atomic mass is 16.2. The van der Waals surface area contributed by atoms with Crippen LogP contribution in [0.15, 0.2) is 6.07 Å². The maximum absolute atomic E-state index is 12.3. The van der Waals surface area contributed by atoms with Gasteiger partial charge in [-0.25, -0.2) is 4.79 Å². The van der Waals surface area contributed by atoms with Crippen molar-refractivity contribution >= 4 is 6.03 Å². The maximum atomic E-state index is 12.3. The fourth-order valence-electron chi connectivity index (χ4n) is 3.91. The van der Waals surface area contributed by atoms with Crippen LogP contribution in [-0.4, -0.2) is 52.4 Å². The molecule has 0 aromatic carbocycles. The predicted octanol–water partition coefficient (Wildman–Crippen LogP) is 3.34. The van der Waals surface area contributed by atoms with Crippen LogP contribution >= 0.6 is 0 Å². The number of nitrogens with zero attached hydrogens (tertiary/aromatic N) is 3. The second-order valence-electron chi connectivity index (χ2n) is 8.95. The van der Waals surface area contributed by atoms with E-state index in [1.807, 2.05) is 11.6 Å². The number of nitrogens with one attached hydrogen (secondary N) is 2. The van der Waals surface area contributed by atoms with Crippen molar-refractivity contribution in [3.05, 3.63) is 17.5 Å². The zero-order chi connectivity index (χ0) is 20.0. The molecule has 2 rings (SSSR count). The van der Waals surface area contributed by atoms with Crippen LogP contribution in [0.1, 0.15) is 58.3 Å². The molecule has 6 nitrogen and oxygen atoms in total. The summed E-state index contributed by atoms with van der Waals surface area (Å²) in [6, 6.07) is 2.01. The van der Waals surface area contributed by atoms with Crippen molar-refractivity contribution in [1.29, 1.82) is 0 Å². The van der Waals surface area contributed by atoms with Gasteiger partial charge in [-0.1, -0.05) is 20.3 Å². The normalized spacial score (nSPS) is 19.7. The van der Waals surface area contributed by atoms with E-state index in [4.69, 9.17) is 0 Å². The molecule has 2 amide bonds. The minimum atomic E-state index is -0.0765. The van der Waals surface area contributed by atoms with Crippen LogP contribution in [0, 0.1) is 25.7 Å². The van der Waals surface area contributed by atoms with E-state index in [1.54, 1.807) is 0 Å². The fourth-order valence-corrected chi connectivity index (χ4v) is 3.91.